The number of hydrogen-bond acceptors (Lipinski definition) is 6. The first-order chi connectivity index (χ1) is 12.2. The minimum Gasteiger partial charge on any atom is -0.460 e. The van der Waals surface area contributed by atoms with Crippen LogP contribution < -0.4 is 0 Å². The predicted molar refractivity (Wildman–Crippen MR) is 89.2 cm³/mol. The highest BCUT2D eigenvalue weighted by atomic mass is 16.5. The Morgan fingerprint density at radius 1 is 1.28 bits per heavy atom. The first-order valence-electron chi connectivity index (χ1n) is 8.38. The quantitative estimate of drug-likeness (QED) is 0.728. The van der Waals surface area contributed by atoms with Crippen molar-refractivity contribution in [2.24, 2.45) is 0 Å². The van der Waals surface area contributed by atoms with Gasteiger partial charge in [-0.2, -0.15) is 0 Å². The molecular formula is C18H19N3O4. The topological polar surface area (TPSA) is 81.6 Å². The molecule has 0 bridgehead atoms. The van der Waals surface area contributed by atoms with Gasteiger partial charge in [0.1, 0.15) is 11.3 Å². The van der Waals surface area contributed by atoms with Crippen LogP contribution in [0.5, 0.6) is 0 Å². The molecule has 1 fully saturated rings. The van der Waals surface area contributed by atoms with Crippen LogP contribution in [0, 0.1) is 6.92 Å². The second kappa shape index (κ2) is 6.33. The third-order valence-electron chi connectivity index (χ3n) is 4.37. The number of fused-ring (bicyclic) bond motifs is 1. The predicted octanol–water partition coefficient (Wildman–Crippen LogP) is 2.90. The van der Waals surface area contributed by atoms with E-state index < -0.39 is 6.10 Å². The standard InChI is InChI=1S/C18H19N3O4/c1-3-13-16(12-6-4-5-7-14(12)25-13)18(22)21-8-9-23-15(10-21)17-20-19-11(2)24-17/h4-7,15H,3,8-10H2,1-2H3/t15-/m0/s1. The number of rotatable bonds is 3. The third-order valence-corrected chi connectivity index (χ3v) is 4.37. The van der Waals surface area contributed by atoms with Gasteiger partial charge in [0.05, 0.1) is 18.7 Å². The van der Waals surface area contributed by atoms with Crippen molar-refractivity contribution in [3.8, 4) is 0 Å². The number of morpholine rings is 1. The average molecular weight is 341 g/mol. The summed E-state index contributed by atoms with van der Waals surface area (Å²) in [4.78, 5) is 14.9. The molecule has 1 saturated heterocycles. The van der Waals surface area contributed by atoms with Gasteiger partial charge in [-0.25, -0.2) is 0 Å². The van der Waals surface area contributed by atoms with Crippen LogP contribution in [0.25, 0.3) is 11.0 Å². The van der Waals surface area contributed by atoms with Crippen LogP contribution in [-0.2, 0) is 11.2 Å². The van der Waals surface area contributed by atoms with Crippen molar-refractivity contribution in [3.63, 3.8) is 0 Å². The molecule has 0 spiro atoms. The summed E-state index contributed by atoms with van der Waals surface area (Å²) in [5.74, 6) is 1.55. The second-order valence-electron chi connectivity index (χ2n) is 6.02. The third kappa shape index (κ3) is 2.80. The number of furan rings is 1. The summed E-state index contributed by atoms with van der Waals surface area (Å²) in [6, 6.07) is 7.62. The number of carbonyl (C=O) groups excluding carboxylic acids is 1. The van der Waals surface area contributed by atoms with Crippen LogP contribution in [0.4, 0.5) is 0 Å². The number of hydrogen-bond donors (Lipinski definition) is 0. The van der Waals surface area contributed by atoms with Crippen LogP contribution >= 0.6 is 0 Å². The Kier molecular flexibility index (Phi) is 4.01. The molecule has 7 nitrogen and oxygen atoms in total. The van der Waals surface area contributed by atoms with Crippen molar-refractivity contribution >= 4 is 16.9 Å². The number of amides is 1. The SMILES string of the molecule is CCc1oc2ccccc2c1C(=O)N1CCO[C@H](c2nnc(C)o2)C1. The number of nitrogens with zero attached hydrogens (tertiary/aromatic N) is 3. The molecule has 0 aliphatic carbocycles. The number of para-hydroxylation sites is 1. The summed E-state index contributed by atoms with van der Waals surface area (Å²) in [7, 11) is 0. The van der Waals surface area contributed by atoms with Crippen LogP contribution in [0.3, 0.4) is 0 Å². The minimum absolute atomic E-state index is 0.0497. The fourth-order valence-electron chi connectivity index (χ4n) is 3.16. The lowest BCUT2D eigenvalue weighted by atomic mass is 10.1. The Bertz CT molecular complexity index is 914. The molecule has 1 aliphatic heterocycles. The van der Waals surface area contributed by atoms with E-state index in [0.29, 0.717) is 49.2 Å². The van der Waals surface area contributed by atoms with E-state index in [9.17, 15) is 4.79 Å². The molecule has 0 radical (unpaired) electrons. The molecule has 25 heavy (non-hydrogen) atoms. The molecule has 7 heteroatoms. The Labute approximate surface area is 144 Å². The van der Waals surface area contributed by atoms with Crippen molar-refractivity contribution in [1.82, 2.24) is 15.1 Å². The van der Waals surface area contributed by atoms with Gasteiger partial charge in [-0.15, -0.1) is 10.2 Å². The first-order valence-corrected chi connectivity index (χ1v) is 8.38. The lowest BCUT2D eigenvalue weighted by molar-refractivity contribution is -0.0349. The molecule has 1 aliphatic rings. The van der Waals surface area contributed by atoms with E-state index in [4.69, 9.17) is 13.6 Å². The maximum atomic E-state index is 13.2. The fourth-order valence-corrected chi connectivity index (χ4v) is 3.16. The molecule has 130 valence electrons. The van der Waals surface area contributed by atoms with Gasteiger partial charge < -0.3 is 18.5 Å². The van der Waals surface area contributed by atoms with Gasteiger partial charge in [-0.3, -0.25) is 4.79 Å². The molecule has 3 aromatic rings. The highest BCUT2D eigenvalue weighted by Gasteiger charge is 2.32. The van der Waals surface area contributed by atoms with E-state index >= 15 is 0 Å². The zero-order valence-electron chi connectivity index (χ0n) is 14.2. The van der Waals surface area contributed by atoms with Gasteiger partial charge in [0.15, 0.2) is 6.10 Å². The molecule has 2 aromatic heterocycles. The summed E-state index contributed by atoms with van der Waals surface area (Å²) in [6.07, 6.45) is 0.258. The molecular weight excluding hydrogens is 322 g/mol. The summed E-state index contributed by atoms with van der Waals surface area (Å²) in [6.45, 7) is 5.04. The van der Waals surface area contributed by atoms with E-state index in [2.05, 4.69) is 10.2 Å². The van der Waals surface area contributed by atoms with Gasteiger partial charge in [0.25, 0.3) is 5.91 Å². The zero-order chi connectivity index (χ0) is 17.4. The number of aryl methyl sites for hydroxylation is 2. The lowest BCUT2D eigenvalue weighted by Crippen LogP contribution is -2.42. The van der Waals surface area contributed by atoms with Gasteiger partial charge >= 0.3 is 0 Å². The van der Waals surface area contributed by atoms with Crippen LogP contribution in [0.2, 0.25) is 0 Å². The monoisotopic (exact) mass is 341 g/mol. The minimum atomic E-state index is -0.401. The number of benzene rings is 1. The maximum Gasteiger partial charge on any atom is 0.258 e. The van der Waals surface area contributed by atoms with E-state index in [0.717, 1.165) is 11.0 Å². The van der Waals surface area contributed by atoms with Crippen molar-refractivity contribution in [2.75, 3.05) is 19.7 Å². The van der Waals surface area contributed by atoms with Gasteiger partial charge in [0, 0.05) is 25.3 Å². The maximum absolute atomic E-state index is 13.2. The summed E-state index contributed by atoms with van der Waals surface area (Å²) in [5.41, 5.74) is 1.38. The Hall–Kier alpha value is -2.67. The Balaban J connectivity index is 1.64. The number of ether oxygens (including phenoxy) is 1. The van der Waals surface area contributed by atoms with Crippen molar-refractivity contribution in [2.45, 2.75) is 26.4 Å². The highest BCUT2D eigenvalue weighted by molar-refractivity contribution is 6.07. The summed E-state index contributed by atoms with van der Waals surface area (Å²) in [5, 5.41) is 8.69. The Morgan fingerprint density at radius 3 is 2.88 bits per heavy atom. The van der Waals surface area contributed by atoms with E-state index in [-0.39, 0.29) is 5.91 Å². The summed E-state index contributed by atoms with van der Waals surface area (Å²) >= 11 is 0. The smallest absolute Gasteiger partial charge is 0.258 e. The molecule has 4 rings (SSSR count). The van der Waals surface area contributed by atoms with E-state index in [1.807, 2.05) is 31.2 Å². The number of carbonyl (C=O) groups is 1. The molecule has 3 heterocycles. The highest BCUT2D eigenvalue weighted by Crippen LogP contribution is 2.29. The zero-order valence-corrected chi connectivity index (χ0v) is 14.2. The molecule has 1 amide bonds. The van der Waals surface area contributed by atoms with Crippen LogP contribution in [0.1, 0.15) is 40.9 Å². The molecule has 0 saturated carbocycles. The van der Waals surface area contributed by atoms with Crippen molar-refractivity contribution < 1.29 is 18.4 Å². The van der Waals surface area contributed by atoms with E-state index in [1.165, 1.54) is 0 Å². The van der Waals surface area contributed by atoms with Crippen LogP contribution in [-0.4, -0.2) is 40.7 Å². The molecule has 0 unspecified atom stereocenters. The normalized spacial score (nSPS) is 18.0. The Morgan fingerprint density at radius 2 is 2.12 bits per heavy atom. The van der Waals surface area contributed by atoms with Crippen molar-refractivity contribution in [1.29, 1.82) is 0 Å². The van der Waals surface area contributed by atoms with Crippen molar-refractivity contribution in [3.05, 3.63) is 47.4 Å². The van der Waals surface area contributed by atoms with E-state index in [1.54, 1.807) is 11.8 Å². The fraction of sp³-hybridized carbons (Fsp3) is 0.389. The van der Waals surface area contributed by atoms with Gasteiger partial charge in [-0.05, 0) is 6.07 Å². The van der Waals surface area contributed by atoms with Gasteiger partial charge in [-0.1, -0.05) is 25.1 Å². The second-order valence-corrected chi connectivity index (χ2v) is 6.02. The van der Waals surface area contributed by atoms with Gasteiger partial charge in [0.2, 0.25) is 11.8 Å². The summed E-state index contributed by atoms with van der Waals surface area (Å²) < 4.78 is 17.0. The largest absolute Gasteiger partial charge is 0.460 e. The lowest BCUT2D eigenvalue weighted by Gasteiger charge is -2.31. The molecule has 0 N–H and O–H groups in total. The average Bonchev–Trinajstić information content (AvgIpc) is 3.24. The van der Waals surface area contributed by atoms with Crippen LogP contribution in [0.15, 0.2) is 33.1 Å². The number of aromatic nitrogens is 2. The molecule has 1 aromatic carbocycles. The molecule has 1 atom stereocenters. The first kappa shape index (κ1) is 15.8.